The van der Waals surface area contributed by atoms with E-state index in [1.807, 2.05) is 49.0 Å². The van der Waals surface area contributed by atoms with Gasteiger partial charge in [0.2, 0.25) is 0 Å². The van der Waals surface area contributed by atoms with Crippen molar-refractivity contribution in [3.63, 3.8) is 0 Å². The quantitative estimate of drug-likeness (QED) is 0.582. The molecule has 0 fully saturated rings. The number of thiazole rings is 1. The smallest absolute Gasteiger partial charge is 0.267 e. The average Bonchev–Trinajstić information content (AvgIpc) is 3.18. The molecule has 5 nitrogen and oxygen atoms in total. The summed E-state index contributed by atoms with van der Waals surface area (Å²) in [4.78, 5) is 21.3. The van der Waals surface area contributed by atoms with Crippen LogP contribution in [-0.2, 0) is 6.42 Å². The Morgan fingerprint density at radius 2 is 2.13 bits per heavy atom. The first-order chi connectivity index (χ1) is 11.3. The van der Waals surface area contributed by atoms with E-state index in [0.717, 1.165) is 33.7 Å². The number of hydrogen-bond donors (Lipinski definition) is 0. The van der Waals surface area contributed by atoms with E-state index in [9.17, 15) is 4.79 Å². The van der Waals surface area contributed by atoms with Crippen LogP contribution >= 0.6 is 11.3 Å². The Morgan fingerprint density at radius 3 is 2.91 bits per heavy atom. The van der Waals surface area contributed by atoms with Crippen molar-refractivity contribution in [2.75, 3.05) is 0 Å². The van der Waals surface area contributed by atoms with Crippen LogP contribution in [0.4, 0.5) is 0 Å². The lowest BCUT2D eigenvalue weighted by Gasteiger charge is -2.04. The summed E-state index contributed by atoms with van der Waals surface area (Å²) in [6.45, 7) is 2.04. The lowest BCUT2D eigenvalue weighted by Crippen LogP contribution is -2.22. The van der Waals surface area contributed by atoms with Gasteiger partial charge in [-0.25, -0.2) is 9.78 Å². The predicted molar refractivity (Wildman–Crippen MR) is 91.7 cm³/mol. The Hall–Kier alpha value is -2.73. The highest BCUT2D eigenvalue weighted by atomic mass is 32.1. The number of fused-ring (bicyclic) bond motifs is 1. The maximum absolute atomic E-state index is 12.9. The van der Waals surface area contributed by atoms with Gasteiger partial charge < -0.3 is 0 Å². The highest BCUT2D eigenvalue weighted by Gasteiger charge is 2.13. The van der Waals surface area contributed by atoms with Gasteiger partial charge in [-0.3, -0.25) is 14.1 Å². The molecule has 0 radical (unpaired) electrons. The molecular formula is C17H14N4OS. The fraction of sp³-hybridized carbons (Fsp3) is 0.118. The Labute approximate surface area is 136 Å². The van der Waals surface area contributed by atoms with Crippen LogP contribution < -0.4 is 5.69 Å². The largest absolute Gasteiger partial charge is 0.337 e. The van der Waals surface area contributed by atoms with Gasteiger partial charge in [-0.1, -0.05) is 6.92 Å². The highest BCUT2D eigenvalue weighted by molar-refractivity contribution is 7.16. The Morgan fingerprint density at radius 1 is 1.22 bits per heavy atom. The molecule has 0 N–H and O–H groups in total. The number of benzene rings is 1. The molecule has 0 aliphatic heterocycles. The Bertz CT molecular complexity index is 1030. The predicted octanol–water partition coefficient (Wildman–Crippen LogP) is 3.20. The van der Waals surface area contributed by atoms with E-state index in [4.69, 9.17) is 0 Å². The fourth-order valence-corrected chi connectivity index (χ4v) is 3.39. The van der Waals surface area contributed by atoms with Gasteiger partial charge in [-0.05, 0) is 36.8 Å². The molecule has 0 saturated carbocycles. The van der Waals surface area contributed by atoms with E-state index in [0.29, 0.717) is 0 Å². The van der Waals surface area contributed by atoms with Gasteiger partial charge in [-0.15, -0.1) is 11.3 Å². The number of pyridine rings is 1. The van der Waals surface area contributed by atoms with Crippen molar-refractivity contribution in [3.05, 3.63) is 70.6 Å². The molecule has 0 aliphatic rings. The SMILES string of the molecule is CCc1cn(-c2ccc3ncsc3c2)c(=O)n1-c1cccnc1. The van der Waals surface area contributed by atoms with Gasteiger partial charge >= 0.3 is 5.69 Å². The number of nitrogens with zero attached hydrogens (tertiary/aromatic N) is 4. The molecule has 4 aromatic rings. The van der Waals surface area contributed by atoms with Crippen LogP contribution in [-0.4, -0.2) is 19.1 Å². The standard InChI is InChI=1S/C17H14N4OS/c1-2-12-10-20(13-5-6-15-16(8-13)23-11-19-15)17(22)21(12)14-4-3-7-18-9-14/h3-11H,2H2,1H3. The second-order valence-electron chi connectivity index (χ2n) is 5.18. The van der Waals surface area contributed by atoms with Crippen LogP contribution in [0.1, 0.15) is 12.6 Å². The Kier molecular flexibility index (Phi) is 3.31. The molecule has 0 bridgehead atoms. The van der Waals surface area contributed by atoms with Crippen LogP contribution in [0.3, 0.4) is 0 Å². The Balaban J connectivity index is 1.93. The van der Waals surface area contributed by atoms with Crippen molar-refractivity contribution in [2.45, 2.75) is 13.3 Å². The zero-order valence-electron chi connectivity index (χ0n) is 12.5. The molecule has 3 aromatic heterocycles. The van der Waals surface area contributed by atoms with Gasteiger partial charge in [0.05, 0.1) is 33.3 Å². The van der Waals surface area contributed by atoms with Crippen LogP contribution in [0.2, 0.25) is 0 Å². The first-order valence-electron chi connectivity index (χ1n) is 7.35. The zero-order chi connectivity index (χ0) is 15.8. The second-order valence-corrected chi connectivity index (χ2v) is 6.06. The number of rotatable bonds is 3. The van der Waals surface area contributed by atoms with E-state index in [1.54, 1.807) is 32.9 Å². The number of hydrogen-bond acceptors (Lipinski definition) is 4. The normalized spacial score (nSPS) is 11.2. The van der Waals surface area contributed by atoms with Gasteiger partial charge in [-0.2, -0.15) is 0 Å². The second kappa shape index (κ2) is 5.48. The third-order valence-electron chi connectivity index (χ3n) is 3.82. The summed E-state index contributed by atoms with van der Waals surface area (Å²) in [5.41, 5.74) is 5.27. The summed E-state index contributed by atoms with van der Waals surface area (Å²) in [5, 5.41) is 0. The maximum Gasteiger partial charge on any atom is 0.337 e. The molecule has 0 saturated heterocycles. The fourth-order valence-electron chi connectivity index (χ4n) is 2.68. The molecule has 0 amide bonds. The van der Waals surface area contributed by atoms with E-state index >= 15 is 0 Å². The van der Waals surface area contributed by atoms with Crippen molar-refractivity contribution < 1.29 is 0 Å². The summed E-state index contributed by atoms with van der Waals surface area (Å²) >= 11 is 1.57. The molecule has 3 heterocycles. The summed E-state index contributed by atoms with van der Waals surface area (Å²) in [6, 6.07) is 9.60. The molecule has 114 valence electrons. The molecule has 0 unspecified atom stereocenters. The minimum Gasteiger partial charge on any atom is -0.267 e. The summed E-state index contributed by atoms with van der Waals surface area (Å²) in [6.07, 6.45) is 6.07. The maximum atomic E-state index is 12.9. The first kappa shape index (κ1) is 13.9. The zero-order valence-corrected chi connectivity index (χ0v) is 13.3. The molecule has 0 aliphatic carbocycles. The van der Waals surface area contributed by atoms with E-state index in [2.05, 4.69) is 9.97 Å². The molecular weight excluding hydrogens is 308 g/mol. The van der Waals surface area contributed by atoms with Crippen molar-refractivity contribution in [1.29, 1.82) is 0 Å². The summed E-state index contributed by atoms with van der Waals surface area (Å²) < 4.78 is 4.47. The number of aryl methyl sites for hydroxylation is 1. The van der Waals surface area contributed by atoms with Crippen molar-refractivity contribution in [1.82, 2.24) is 19.1 Å². The topological polar surface area (TPSA) is 52.7 Å². The molecule has 6 heteroatoms. The number of imidazole rings is 1. The van der Waals surface area contributed by atoms with Gasteiger partial charge in [0, 0.05) is 18.1 Å². The third kappa shape index (κ3) is 2.27. The monoisotopic (exact) mass is 322 g/mol. The highest BCUT2D eigenvalue weighted by Crippen LogP contribution is 2.21. The lowest BCUT2D eigenvalue weighted by atomic mass is 10.3. The molecule has 23 heavy (non-hydrogen) atoms. The van der Waals surface area contributed by atoms with Crippen LogP contribution in [0.25, 0.3) is 21.6 Å². The lowest BCUT2D eigenvalue weighted by molar-refractivity contribution is 0.868. The number of aromatic nitrogens is 4. The minimum atomic E-state index is -0.0845. The van der Waals surface area contributed by atoms with Crippen LogP contribution in [0.5, 0.6) is 0 Å². The van der Waals surface area contributed by atoms with Gasteiger partial charge in [0.1, 0.15) is 0 Å². The minimum absolute atomic E-state index is 0.0845. The summed E-state index contributed by atoms with van der Waals surface area (Å²) in [7, 11) is 0. The van der Waals surface area contributed by atoms with E-state index in [1.165, 1.54) is 0 Å². The van der Waals surface area contributed by atoms with Crippen molar-refractivity contribution in [2.24, 2.45) is 0 Å². The van der Waals surface area contributed by atoms with Crippen molar-refractivity contribution >= 4 is 21.6 Å². The molecule has 0 spiro atoms. The first-order valence-corrected chi connectivity index (χ1v) is 8.23. The van der Waals surface area contributed by atoms with Crippen LogP contribution in [0.15, 0.2) is 59.2 Å². The van der Waals surface area contributed by atoms with Crippen molar-refractivity contribution in [3.8, 4) is 11.4 Å². The van der Waals surface area contributed by atoms with E-state index in [-0.39, 0.29) is 5.69 Å². The van der Waals surface area contributed by atoms with Gasteiger partial charge in [0.25, 0.3) is 0 Å². The third-order valence-corrected chi connectivity index (χ3v) is 4.61. The molecule has 1 aromatic carbocycles. The van der Waals surface area contributed by atoms with Gasteiger partial charge in [0.15, 0.2) is 0 Å². The summed E-state index contributed by atoms with van der Waals surface area (Å²) in [5.74, 6) is 0. The van der Waals surface area contributed by atoms with E-state index < -0.39 is 0 Å². The molecule has 4 rings (SSSR count). The average molecular weight is 322 g/mol. The van der Waals surface area contributed by atoms with Crippen LogP contribution in [0, 0.1) is 0 Å². The molecule has 0 atom stereocenters.